The van der Waals surface area contributed by atoms with Crippen LogP contribution in [0.2, 0.25) is 10.0 Å². The summed E-state index contributed by atoms with van der Waals surface area (Å²) in [5.41, 5.74) is 3.49. The fraction of sp³-hybridized carbons (Fsp3) is 0.370. The number of hydrogen-bond donors (Lipinski definition) is 21. The van der Waals surface area contributed by atoms with Gasteiger partial charge in [-0.1, -0.05) is 67.4 Å². The molecule has 7 aromatic carbocycles. The smallest absolute Gasteiger partial charge is 0.508 e. The molecule has 14 rings (SSSR count). The van der Waals surface area contributed by atoms with Crippen molar-refractivity contribution in [2.24, 2.45) is 11.7 Å². The SMILES string of the molecule is CNC(CC(C)C)C(=O)NC1C(=O)NC(CC(N)=O)C(=O)NC2C(=O)NC3C(=O)NC(C(=O)NC(C(=O)NO)c4cc(O)cc(O)c4-c4cc3ccc4O)C(O)c3ccc(c(Cl)c3)Oc3cc2cc(c3OC2OC(CO)C(O)C(O)C2OC2CC(C)(NCc3cccc(NC(=O)c4ccc(OC(F)(F)F)cc4)c3)C(O)C(C)O2)Oc2ccc(cc2Cl)C1O. The number of hydroxylamine groups is 1. The Hall–Kier alpha value is -11.7. The maximum atomic E-state index is 16.3. The van der Waals surface area contributed by atoms with Crippen LogP contribution in [0.5, 0.6) is 51.7 Å². The largest absolute Gasteiger partial charge is 0.573 e. The van der Waals surface area contributed by atoms with Gasteiger partial charge in [-0.25, -0.2) is 5.48 Å². The molecule has 2 fully saturated rings. The first-order valence-corrected chi connectivity index (χ1v) is 38.9. The van der Waals surface area contributed by atoms with Crippen LogP contribution in [0.25, 0.3) is 11.1 Å². The molecule has 656 valence electrons. The topological polar surface area (TPSA) is 567 Å². The number of nitrogens with one attached hydrogen (secondary N) is 10. The number of phenols is 3. The summed E-state index contributed by atoms with van der Waals surface area (Å²) in [6, 6.07) is 9.42. The predicted octanol–water partition coefficient (Wildman–Crippen LogP) is 3.51. The Morgan fingerprint density at radius 3 is 1.95 bits per heavy atom. The van der Waals surface area contributed by atoms with Crippen molar-refractivity contribution >= 4 is 82.1 Å². The maximum Gasteiger partial charge on any atom is 0.573 e. The lowest BCUT2D eigenvalue weighted by Crippen LogP contribution is -2.65. The van der Waals surface area contributed by atoms with Crippen molar-refractivity contribution in [3.05, 3.63) is 176 Å². The zero-order valence-electron chi connectivity index (χ0n) is 65.5. The van der Waals surface area contributed by atoms with E-state index in [2.05, 4.69) is 52.6 Å². The molecular formula is C81H86Cl2F3N11O26. The summed E-state index contributed by atoms with van der Waals surface area (Å²) in [7, 11) is 1.46. The number of halogens is 5. The lowest BCUT2D eigenvalue weighted by Gasteiger charge is -2.48. The average Bonchev–Trinajstić information content (AvgIpc) is 0.751. The summed E-state index contributed by atoms with van der Waals surface area (Å²) in [4.78, 5) is 132. The highest BCUT2D eigenvalue weighted by atomic mass is 35.5. The Morgan fingerprint density at radius 1 is 0.699 bits per heavy atom. The number of carbonyl (C=O) groups is 9. The van der Waals surface area contributed by atoms with Gasteiger partial charge in [-0.2, -0.15) is 0 Å². The van der Waals surface area contributed by atoms with Gasteiger partial charge in [-0.3, -0.25) is 48.4 Å². The Bertz CT molecular complexity index is 5220. The van der Waals surface area contributed by atoms with Crippen LogP contribution < -0.4 is 78.0 Å². The summed E-state index contributed by atoms with van der Waals surface area (Å²) in [6.07, 6.45) is -24.7. The third-order valence-corrected chi connectivity index (χ3v) is 21.7. The van der Waals surface area contributed by atoms with Crippen molar-refractivity contribution in [1.29, 1.82) is 0 Å². The molecule has 42 heteroatoms. The number of phenolic OH excluding ortho intramolecular Hbond substituents is 3. The van der Waals surface area contributed by atoms with Crippen molar-refractivity contribution in [3.8, 4) is 62.9 Å². The normalized spacial score (nSPS) is 26.3. The second-order valence-electron chi connectivity index (χ2n) is 30.3. The predicted molar refractivity (Wildman–Crippen MR) is 422 cm³/mol. The highest BCUT2D eigenvalue weighted by Crippen LogP contribution is 2.50. The summed E-state index contributed by atoms with van der Waals surface area (Å²) in [5.74, 6) is -17.4. The van der Waals surface area contributed by atoms with Crippen molar-refractivity contribution in [3.63, 3.8) is 0 Å². The van der Waals surface area contributed by atoms with Crippen molar-refractivity contribution in [1.82, 2.24) is 48.0 Å². The van der Waals surface area contributed by atoms with E-state index in [1.165, 1.54) is 25.5 Å². The zero-order chi connectivity index (χ0) is 89.1. The molecule has 0 aliphatic carbocycles. The van der Waals surface area contributed by atoms with Gasteiger partial charge in [0.25, 0.3) is 11.8 Å². The van der Waals surface area contributed by atoms with E-state index >= 15 is 19.2 Å². The zero-order valence-corrected chi connectivity index (χ0v) is 67.0. The molecule has 7 aliphatic heterocycles. The summed E-state index contributed by atoms with van der Waals surface area (Å²) >= 11 is 14.3. The number of anilines is 1. The lowest BCUT2D eigenvalue weighted by molar-refractivity contribution is -0.334. The van der Waals surface area contributed by atoms with E-state index in [0.29, 0.717) is 5.56 Å². The molecule has 7 aliphatic rings. The van der Waals surface area contributed by atoms with Gasteiger partial charge >= 0.3 is 6.36 Å². The molecule has 18 atom stereocenters. The molecular weight excluding hydrogens is 1670 g/mol. The maximum absolute atomic E-state index is 16.3. The monoisotopic (exact) mass is 1760 g/mol. The second-order valence-corrected chi connectivity index (χ2v) is 31.2. The first kappa shape index (κ1) is 90.5. The number of aliphatic hydroxyl groups excluding tert-OH is 6. The van der Waals surface area contributed by atoms with E-state index in [4.69, 9.17) is 57.4 Å². The lowest BCUT2D eigenvalue weighted by atomic mass is 9.84. The highest BCUT2D eigenvalue weighted by molar-refractivity contribution is 6.32. The molecule has 37 nitrogen and oxygen atoms in total. The van der Waals surface area contributed by atoms with Gasteiger partial charge in [0.2, 0.25) is 53.4 Å². The highest BCUT2D eigenvalue weighted by Gasteiger charge is 2.52. The minimum Gasteiger partial charge on any atom is -0.508 e. The van der Waals surface area contributed by atoms with Gasteiger partial charge in [-0.15, -0.1) is 13.2 Å². The number of fused-ring (bicyclic) bond motifs is 15. The van der Waals surface area contributed by atoms with Crippen LogP contribution in [-0.2, 0) is 59.1 Å². The van der Waals surface area contributed by atoms with Crippen LogP contribution in [0.3, 0.4) is 0 Å². The standard InChI is InChI=1S/C81H86Cl2F3N11O26/c1-32(2)19-47(88-5)72(109)95-62-64(103)37-12-17-51(45(82)22-37)118-53-24-39-25-54(68(53)122-79-69(67(106)66(105)55(31-98)120-79)121-57-29-80(4,70(107)33(3)117-57)89-30-34-7-6-8-40(20-34)90-71(108)35-9-14-42(15-10-35)123-81(84,85)86)119-52-18-13-38(23-46(52)83)65(104)63-77(114)94-61(78(115)97-116)44-26-41(99)27-50(101)58(44)43-21-36(11-16-49(43)100)59(74(111)96-63)93-75(112)60(39)92-73(110)48(28-56(87)102)91-76(62)113/h6-18,20-27,32-33,47-48,55,57,59-67,69-70,79,88-89,98-101,103-107,116H,19,28-31H2,1-5H3,(H2,87,102)(H,90,108)(H,91,113)(H,92,110)(H,93,112)(H,94,114)(H,95,109)(H,96,111)(H,97,115). The number of alkyl halides is 3. The Kier molecular flexibility index (Phi) is 27.6. The van der Waals surface area contributed by atoms with Gasteiger partial charge in [0.05, 0.1) is 41.3 Å². The van der Waals surface area contributed by atoms with E-state index < -0.39 is 266 Å². The average molecular weight is 1760 g/mol. The third kappa shape index (κ3) is 20.5. The van der Waals surface area contributed by atoms with E-state index in [-0.39, 0.29) is 53.2 Å². The van der Waals surface area contributed by atoms with Gasteiger partial charge < -0.3 is 133 Å². The fourth-order valence-electron chi connectivity index (χ4n) is 14.8. The van der Waals surface area contributed by atoms with Crippen LogP contribution in [0.4, 0.5) is 18.9 Å². The van der Waals surface area contributed by atoms with Crippen LogP contribution in [-0.4, -0.2) is 203 Å². The summed E-state index contributed by atoms with van der Waals surface area (Å²) in [5, 5.41) is 139. The summed E-state index contributed by atoms with van der Waals surface area (Å²) in [6.45, 7) is 5.60. The number of rotatable bonds is 19. The van der Waals surface area contributed by atoms with Crippen LogP contribution in [0, 0.1) is 5.92 Å². The number of carbonyl (C=O) groups excluding carboxylic acids is 9. The van der Waals surface area contributed by atoms with E-state index in [1.807, 2.05) is 0 Å². The molecule has 9 amide bonds. The second kappa shape index (κ2) is 37.5. The Labute approximate surface area is 706 Å². The molecule has 7 heterocycles. The molecule has 0 saturated carbocycles. The third-order valence-electron chi connectivity index (χ3n) is 21.1. The number of amides is 9. The van der Waals surface area contributed by atoms with Crippen molar-refractivity contribution in [2.45, 2.75) is 169 Å². The molecule has 0 aromatic heterocycles. The van der Waals surface area contributed by atoms with Crippen molar-refractivity contribution < 1.29 is 141 Å². The number of likely N-dealkylation sites (N-methyl/N-ethyl adjacent to an activating group) is 1. The van der Waals surface area contributed by atoms with Gasteiger partial charge in [0.1, 0.15) is 101 Å². The molecule has 123 heavy (non-hydrogen) atoms. The van der Waals surface area contributed by atoms with Crippen LogP contribution in [0.15, 0.2) is 127 Å². The molecule has 7 aromatic rings. The van der Waals surface area contributed by atoms with Crippen molar-refractivity contribution in [2.75, 3.05) is 19.0 Å². The van der Waals surface area contributed by atoms with Gasteiger partial charge in [-0.05, 0) is 158 Å². The minimum atomic E-state index is -4.97. The van der Waals surface area contributed by atoms with Crippen LogP contribution in [0.1, 0.15) is 121 Å². The Morgan fingerprint density at radius 2 is 1.33 bits per heavy atom. The molecule has 11 bridgehead atoms. The number of primary amides is 1. The fourth-order valence-corrected chi connectivity index (χ4v) is 15.2. The number of nitrogens with two attached hydrogens (primary N) is 1. The van der Waals surface area contributed by atoms with Gasteiger partial charge in [0, 0.05) is 46.9 Å². The minimum absolute atomic E-state index is 0.0123. The van der Waals surface area contributed by atoms with E-state index in [9.17, 15) is 88.3 Å². The quantitative estimate of drug-likeness (QED) is 0.0407. The molecule has 2 saturated heterocycles. The molecule has 0 radical (unpaired) electrons. The molecule has 22 N–H and O–H groups in total. The molecule has 18 unspecified atom stereocenters. The van der Waals surface area contributed by atoms with E-state index in [1.54, 1.807) is 45.0 Å². The number of hydrogen-bond acceptors (Lipinski definition) is 28. The van der Waals surface area contributed by atoms with Crippen LogP contribution >= 0.6 is 23.2 Å². The molecule has 0 spiro atoms. The Balaban J connectivity index is 1.01. The van der Waals surface area contributed by atoms with Gasteiger partial charge in [0.15, 0.2) is 23.9 Å². The number of aromatic hydroxyl groups is 3. The number of aliphatic hydroxyl groups is 6. The first-order chi connectivity index (χ1) is 58.2. The van der Waals surface area contributed by atoms with E-state index in [0.717, 1.165) is 97.1 Å². The number of benzene rings is 7. The number of ether oxygens (including phenoxy) is 7. The summed E-state index contributed by atoms with van der Waals surface area (Å²) < 4.78 is 81.9. The first-order valence-electron chi connectivity index (χ1n) is 38.1.